The lowest BCUT2D eigenvalue weighted by Gasteiger charge is -2.00. The number of pyridine rings is 1. The maximum Gasteiger partial charge on any atom is 0.346 e. The fourth-order valence-electron chi connectivity index (χ4n) is 1.54. The van der Waals surface area contributed by atoms with Crippen molar-refractivity contribution in [2.45, 2.75) is 0 Å². The minimum Gasteiger partial charge on any atom is -0.477 e. The predicted molar refractivity (Wildman–Crippen MR) is 63.0 cm³/mol. The summed E-state index contributed by atoms with van der Waals surface area (Å²) < 4.78 is 0. The van der Waals surface area contributed by atoms with Crippen LogP contribution in [0.3, 0.4) is 0 Å². The minimum absolute atomic E-state index is 0.303. The van der Waals surface area contributed by atoms with Gasteiger partial charge in [0.15, 0.2) is 0 Å². The van der Waals surface area contributed by atoms with E-state index < -0.39 is 5.97 Å². The Bertz CT molecular complexity index is 649. The summed E-state index contributed by atoms with van der Waals surface area (Å²) in [5.74, 6) is -1.24. The Morgan fingerprint density at radius 1 is 1.35 bits per heavy atom. The highest BCUT2D eigenvalue weighted by molar-refractivity contribution is 5.99. The van der Waals surface area contributed by atoms with Gasteiger partial charge in [0.2, 0.25) is 0 Å². The van der Waals surface area contributed by atoms with E-state index in [4.69, 9.17) is 10.4 Å². The van der Waals surface area contributed by atoms with Crippen molar-refractivity contribution < 1.29 is 9.90 Å². The molecule has 4 nitrogen and oxygen atoms in total. The Morgan fingerprint density at radius 2 is 2.12 bits per heavy atom. The molecule has 1 aromatic heterocycles. The van der Waals surface area contributed by atoms with Crippen LogP contribution in [-0.2, 0) is 4.79 Å². The number of benzene rings is 1. The van der Waals surface area contributed by atoms with Gasteiger partial charge in [0.05, 0.1) is 5.52 Å². The number of fused-ring (bicyclic) bond motifs is 1. The monoisotopic (exact) mass is 224 g/mol. The van der Waals surface area contributed by atoms with Gasteiger partial charge in [-0.05, 0) is 12.1 Å². The lowest BCUT2D eigenvalue weighted by Crippen LogP contribution is -1.97. The number of nitriles is 1. The van der Waals surface area contributed by atoms with Gasteiger partial charge in [-0.1, -0.05) is 24.3 Å². The van der Waals surface area contributed by atoms with Crippen molar-refractivity contribution in [3.05, 3.63) is 47.7 Å². The first kappa shape index (κ1) is 10.8. The molecule has 0 unspecified atom stereocenters. The molecule has 0 fully saturated rings. The van der Waals surface area contributed by atoms with E-state index in [2.05, 4.69) is 4.98 Å². The zero-order chi connectivity index (χ0) is 12.3. The van der Waals surface area contributed by atoms with E-state index in [1.165, 1.54) is 6.08 Å². The van der Waals surface area contributed by atoms with Gasteiger partial charge >= 0.3 is 5.97 Å². The highest BCUT2D eigenvalue weighted by Gasteiger charge is 2.07. The van der Waals surface area contributed by atoms with Gasteiger partial charge in [-0.25, -0.2) is 4.79 Å². The molecular formula is C13H8N2O2. The average Bonchev–Trinajstić information content (AvgIpc) is 2.35. The molecule has 4 heteroatoms. The SMILES string of the molecule is N#C/C(=C\c1cccc2cccnc12)C(=O)O. The smallest absolute Gasteiger partial charge is 0.346 e. The van der Waals surface area contributed by atoms with Crippen LogP contribution in [0.4, 0.5) is 0 Å². The number of carbonyl (C=O) groups is 1. The number of hydrogen-bond acceptors (Lipinski definition) is 3. The van der Waals surface area contributed by atoms with Crippen LogP contribution in [0.1, 0.15) is 5.56 Å². The molecule has 0 aliphatic rings. The Hall–Kier alpha value is -2.67. The Kier molecular flexibility index (Phi) is 2.84. The first-order chi connectivity index (χ1) is 8.22. The van der Waals surface area contributed by atoms with Crippen molar-refractivity contribution >= 4 is 22.9 Å². The van der Waals surface area contributed by atoms with Crippen LogP contribution < -0.4 is 0 Å². The third kappa shape index (κ3) is 2.13. The molecule has 0 atom stereocenters. The zero-order valence-electron chi connectivity index (χ0n) is 8.79. The minimum atomic E-state index is -1.24. The summed E-state index contributed by atoms with van der Waals surface area (Å²) >= 11 is 0. The van der Waals surface area contributed by atoms with E-state index in [-0.39, 0.29) is 5.57 Å². The molecule has 1 aromatic carbocycles. The summed E-state index contributed by atoms with van der Waals surface area (Å²) in [6.07, 6.45) is 2.96. The van der Waals surface area contributed by atoms with Crippen molar-refractivity contribution in [1.29, 1.82) is 5.26 Å². The second kappa shape index (κ2) is 4.45. The van der Waals surface area contributed by atoms with Gasteiger partial charge in [-0.3, -0.25) is 4.98 Å². The zero-order valence-corrected chi connectivity index (χ0v) is 8.79. The molecule has 0 aliphatic heterocycles. The van der Waals surface area contributed by atoms with Gasteiger partial charge in [0.25, 0.3) is 0 Å². The second-order valence-electron chi connectivity index (χ2n) is 3.40. The van der Waals surface area contributed by atoms with Gasteiger partial charge in [-0.2, -0.15) is 5.26 Å². The molecule has 0 aliphatic carbocycles. The van der Waals surface area contributed by atoms with Crippen molar-refractivity contribution in [2.75, 3.05) is 0 Å². The Balaban J connectivity index is 2.65. The standard InChI is InChI=1S/C13H8N2O2/c14-8-11(13(16)17)7-10-4-1-3-9-5-2-6-15-12(9)10/h1-7H,(H,16,17)/b11-7+. The molecule has 0 bridgehead atoms. The maximum absolute atomic E-state index is 10.8. The van der Waals surface area contributed by atoms with E-state index >= 15 is 0 Å². The van der Waals surface area contributed by atoms with Crippen LogP contribution in [0.25, 0.3) is 17.0 Å². The number of rotatable bonds is 2. The number of hydrogen-bond donors (Lipinski definition) is 1. The van der Waals surface area contributed by atoms with Crippen LogP contribution >= 0.6 is 0 Å². The van der Waals surface area contributed by atoms with Crippen LogP contribution in [0, 0.1) is 11.3 Å². The van der Waals surface area contributed by atoms with Crippen molar-refractivity contribution in [1.82, 2.24) is 4.98 Å². The van der Waals surface area contributed by atoms with E-state index in [0.717, 1.165) is 5.39 Å². The fourth-order valence-corrected chi connectivity index (χ4v) is 1.54. The van der Waals surface area contributed by atoms with E-state index in [1.807, 2.05) is 12.1 Å². The number of carboxylic acid groups (broad SMARTS) is 1. The van der Waals surface area contributed by atoms with Gasteiger partial charge < -0.3 is 5.11 Å². The van der Waals surface area contributed by atoms with E-state index in [9.17, 15) is 4.79 Å². The number of carboxylic acids is 1. The molecule has 0 saturated heterocycles. The largest absolute Gasteiger partial charge is 0.477 e. The molecule has 0 amide bonds. The third-order valence-electron chi connectivity index (χ3n) is 2.31. The third-order valence-corrected chi connectivity index (χ3v) is 2.31. The summed E-state index contributed by atoms with van der Waals surface area (Å²) in [6, 6.07) is 10.7. The molecule has 1 N–H and O–H groups in total. The number of aromatic nitrogens is 1. The Morgan fingerprint density at radius 3 is 2.82 bits per heavy atom. The summed E-state index contributed by atoms with van der Waals surface area (Å²) in [5, 5.41) is 18.4. The maximum atomic E-state index is 10.8. The van der Waals surface area contributed by atoms with Gasteiger partial charge in [-0.15, -0.1) is 0 Å². The number of nitrogens with zero attached hydrogens (tertiary/aromatic N) is 2. The molecule has 17 heavy (non-hydrogen) atoms. The molecule has 0 radical (unpaired) electrons. The Labute approximate surface area is 97.5 Å². The highest BCUT2D eigenvalue weighted by atomic mass is 16.4. The van der Waals surface area contributed by atoms with E-state index in [1.54, 1.807) is 30.5 Å². The van der Waals surface area contributed by atoms with Crippen LogP contribution in [-0.4, -0.2) is 16.1 Å². The lowest BCUT2D eigenvalue weighted by atomic mass is 10.1. The summed E-state index contributed by atoms with van der Waals surface area (Å²) in [6.45, 7) is 0. The van der Waals surface area contributed by atoms with Crippen molar-refractivity contribution in [2.24, 2.45) is 0 Å². The molecule has 1 heterocycles. The fraction of sp³-hybridized carbons (Fsp3) is 0. The lowest BCUT2D eigenvalue weighted by molar-refractivity contribution is -0.132. The molecule has 2 rings (SSSR count). The summed E-state index contributed by atoms with van der Waals surface area (Å²) in [7, 11) is 0. The second-order valence-corrected chi connectivity index (χ2v) is 3.40. The first-order valence-electron chi connectivity index (χ1n) is 4.91. The molecule has 2 aromatic rings. The van der Waals surface area contributed by atoms with Crippen LogP contribution in [0.2, 0.25) is 0 Å². The van der Waals surface area contributed by atoms with Gasteiger partial charge in [0.1, 0.15) is 11.6 Å². The quantitative estimate of drug-likeness (QED) is 0.627. The first-order valence-corrected chi connectivity index (χ1v) is 4.91. The van der Waals surface area contributed by atoms with Crippen LogP contribution in [0.5, 0.6) is 0 Å². The van der Waals surface area contributed by atoms with Gasteiger partial charge in [0, 0.05) is 17.1 Å². The number of aliphatic carboxylic acids is 1. The highest BCUT2D eigenvalue weighted by Crippen LogP contribution is 2.18. The van der Waals surface area contributed by atoms with Crippen molar-refractivity contribution in [3.8, 4) is 6.07 Å². The molecular weight excluding hydrogens is 216 g/mol. The summed E-state index contributed by atoms with van der Waals surface area (Å²) in [5.41, 5.74) is 1.01. The normalized spacial score (nSPS) is 11.1. The molecule has 82 valence electrons. The van der Waals surface area contributed by atoms with E-state index in [0.29, 0.717) is 11.1 Å². The molecule has 0 spiro atoms. The number of para-hydroxylation sites is 1. The summed E-state index contributed by atoms with van der Waals surface area (Å²) in [4.78, 5) is 14.9. The topological polar surface area (TPSA) is 74.0 Å². The van der Waals surface area contributed by atoms with Crippen LogP contribution in [0.15, 0.2) is 42.1 Å². The van der Waals surface area contributed by atoms with Crippen molar-refractivity contribution in [3.63, 3.8) is 0 Å². The average molecular weight is 224 g/mol. The predicted octanol–water partition coefficient (Wildman–Crippen LogP) is 2.23. The molecule has 0 saturated carbocycles.